The van der Waals surface area contributed by atoms with Gasteiger partial charge in [0.25, 0.3) is 0 Å². The standard InChI is InChI=1S/C13H23N3/c1-5-6-7-14-12-9-11(4)15-13(16-12)8-10(2)3/h9-10H,5-8H2,1-4H3,(H,14,15,16). The summed E-state index contributed by atoms with van der Waals surface area (Å²) < 4.78 is 0. The van der Waals surface area contributed by atoms with Crippen molar-refractivity contribution in [2.24, 2.45) is 5.92 Å². The van der Waals surface area contributed by atoms with Gasteiger partial charge in [-0.25, -0.2) is 9.97 Å². The Balaban J connectivity index is 2.65. The smallest absolute Gasteiger partial charge is 0.131 e. The van der Waals surface area contributed by atoms with Crippen LogP contribution in [0, 0.1) is 12.8 Å². The zero-order valence-corrected chi connectivity index (χ0v) is 10.9. The number of rotatable bonds is 6. The summed E-state index contributed by atoms with van der Waals surface area (Å²) in [6.45, 7) is 9.59. The lowest BCUT2D eigenvalue weighted by Crippen LogP contribution is -2.08. The second-order valence-electron chi connectivity index (χ2n) is 4.69. The number of hydrogen-bond donors (Lipinski definition) is 1. The first-order valence-corrected chi connectivity index (χ1v) is 6.20. The van der Waals surface area contributed by atoms with E-state index in [-0.39, 0.29) is 0 Å². The average Bonchev–Trinajstić information content (AvgIpc) is 2.16. The molecular weight excluding hydrogens is 198 g/mol. The van der Waals surface area contributed by atoms with Crippen molar-refractivity contribution in [2.45, 2.75) is 47.0 Å². The van der Waals surface area contributed by atoms with Crippen LogP contribution in [0.25, 0.3) is 0 Å². The molecule has 0 aliphatic carbocycles. The third-order valence-corrected chi connectivity index (χ3v) is 2.33. The van der Waals surface area contributed by atoms with Gasteiger partial charge in [0.15, 0.2) is 0 Å². The van der Waals surface area contributed by atoms with Crippen LogP contribution in [0.15, 0.2) is 6.07 Å². The van der Waals surface area contributed by atoms with Gasteiger partial charge in [0.1, 0.15) is 11.6 Å². The van der Waals surface area contributed by atoms with Gasteiger partial charge in [0.05, 0.1) is 0 Å². The predicted octanol–water partition coefficient (Wildman–Crippen LogP) is 3.20. The van der Waals surface area contributed by atoms with Gasteiger partial charge >= 0.3 is 0 Å². The van der Waals surface area contributed by atoms with Crippen molar-refractivity contribution >= 4 is 5.82 Å². The lowest BCUT2D eigenvalue weighted by molar-refractivity contribution is 0.619. The first-order valence-electron chi connectivity index (χ1n) is 6.20. The van der Waals surface area contributed by atoms with Gasteiger partial charge in [-0.05, 0) is 19.3 Å². The summed E-state index contributed by atoms with van der Waals surface area (Å²) in [5.41, 5.74) is 1.05. The molecule has 0 saturated heterocycles. The topological polar surface area (TPSA) is 37.8 Å². The van der Waals surface area contributed by atoms with Crippen molar-refractivity contribution in [3.05, 3.63) is 17.6 Å². The van der Waals surface area contributed by atoms with Crippen molar-refractivity contribution in [1.29, 1.82) is 0 Å². The van der Waals surface area contributed by atoms with E-state index in [2.05, 4.69) is 36.1 Å². The first kappa shape index (κ1) is 12.9. The number of aromatic nitrogens is 2. The normalized spacial score (nSPS) is 10.8. The molecule has 0 saturated carbocycles. The van der Waals surface area contributed by atoms with Gasteiger partial charge in [-0.2, -0.15) is 0 Å². The Morgan fingerprint density at radius 2 is 2.06 bits per heavy atom. The van der Waals surface area contributed by atoms with E-state index in [4.69, 9.17) is 0 Å². The molecule has 0 bridgehead atoms. The summed E-state index contributed by atoms with van der Waals surface area (Å²) in [5, 5.41) is 3.35. The maximum Gasteiger partial charge on any atom is 0.131 e. The zero-order valence-electron chi connectivity index (χ0n) is 10.9. The Kier molecular flexibility index (Phi) is 5.23. The maximum atomic E-state index is 4.52. The minimum Gasteiger partial charge on any atom is -0.370 e. The number of nitrogens with zero attached hydrogens (tertiary/aromatic N) is 2. The molecule has 1 N–H and O–H groups in total. The Bertz CT molecular complexity index is 321. The van der Waals surface area contributed by atoms with E-state index in [9.17, 15) is 0 Å². The molecule has 0 atom stereocenters. The van der Waals surface area contributed by atoms with Gasteiger partial charge in [-0.1, -0.05) is 27.2 Å². The van der Waals surface area contributed by atoms with Crippen molar-refractivity contribution in [3.8, 4) is 0 Å². The highest BCUT2D eigenvalue weighted by Gasteiger charge is 2.04. The molecule has 0 unspecified atom stereocenters. The molecule has 0 fully saturated rings. The molecule has 0 aromatic carbocycles. The van der Waals surface area contributed by atoms with Crippen LogP contribution in [0.3, 0.4) is 0 Å². The number of anilines is 1. The summed E-state index contributed by atoms with van der Waals surface area (Å²) in [7, 11) is 0. The Labute approximate surface area is 98.7 Å². The van der Waals surface area contributed by atoms with Crippen LogP contribution >= 0.6 is 0 Å². The highest BCUT2D eigenvalue weighted by Crippen LogP contribution is 2.09. The molecule has 90 valence electrons. The number of nitrogens with one attached hydrogen (secondary N) is 1. The summed E-state index contributed by atoms with van der Waals surface area (Å²) in [6, 6.07) is 2.01. The minimum absolute atomic E-state index is 0.602. The van der Waals surface area contributed by atoms with Crippen LogP contribution in [0.5, 0.6) is 0 Å². The molecule has 0 radical (unpaired) electrons. The third kappa shape index (κ3) is 4.60. The van der Waals surface area contributed by atoms with Crippen LogP contribution in [0.4, 0.5) is 5.82 Å². The van der Waals surface area contributed by atoms with Crippen LogP contribution in [0.1, 0.15) is 45.1 Å². The number of hydrogen-bond acceptors (Lipinski definition) is 3. The average molecular weight is 221 g/mol. The van der Waals surface area contributed by atoms with Gasteiger partial charge < -0.3 is 5.32 Å². The summed E-state index contributed by atoms with van der Waals surface area (Å²) in [5.74, 6) is 2.52. The number of aryl methyl sites for hydroxylation is 1. The molecule has 1 aromatic rings. The minimum atomic E-state index is 0.602. The van der Waals surface area contributed by atoms with E-state index in [1.807, 2.05) is 13.0 Å². The van der Waals surface area contributed by atoms with E-state index < -0.39 is 0 Å². The molecular formula is C13H23N3. The summed E-state index contributed by atoms with van der Waals surface area (Å²) >= 11 is 0. The van der Waals surface area contributed by atoms with Gasteiger partial charge in [0, 0.05) is 24.7 Å². The van der Waals surface area contributed by atoms with E-state index in [0.29, 0.717) is 5.92 Å². The quantitative estimate of drug-likeness (QED) is 0.750. The van der Waals surface area contributed by atoms with Crippen LogP contribution in [-0.4, -0.2) is 16.5 Å². The number of unbranched alkanes of at least 4 members (excludes halogenated alkanes) is 1. The first-order chi connectivity index (χ1) is 7.61. The molecule has 0 spiro atoms. The van der Waals surface area contributed by atoms with E-state index in [1.165, 1.54) is 12.8 Å². The van der Waals surface area contributed by atoms with Crippen molar-refractivity contribution < 1.29 is 0 Å². The fourth-order valence-corrected chi connectivity index (χ4v) is 1.57. The molecule has 0 amide bonds. The Hall–Kier alpha value is -1.12. The van der Waals surface area contributed by atoms with E-state index in [0.717, 1.165) is 30.3 Å². The van der Waals surface area contributed by atoms with E-state index >= 15 is 0 Å². The second-order valence-corrected chi connectivity index (χ2v) is 4.69. The molecule has 16 heavy (non-hydrogen) atoms. The zero-order chi connectivity index (χ0) is 12.0. The predicted molar refractivity (Wildman–Crippen MR) is 68.7 cm³/mol. The van der Waals surface area contributed by atoms with Gasteiger partial charge in [-0.15, -0.1) is 0 Å². The monoisotopic (exact) mass is 221 g/mol. The largest absolute Gasteiger partial charge is 0.370 e. The highest BCUT2D eigenvalue weighted by atomic mass is 15.0. The fraction of sp³-hybridized carbons (Fsp3) is 0.692. The molecule has 3 heteroatoms. The Morgan fingerprint density at radius 3 is 2.69 bits per heavy atom. The molecule has 1 aromatic heterocycles. The lowest BCUT2D eigenvalue weighted by atomic mass is 10.1. The van der Waals surface area contributed by atoms with Crippen molar-refractivity contribution in [2.75, 3.05) is 11.9 Å². The molecule has 0 aliphatic rings. The fourth-order valence-electron chi connectivity index (χ4n) is 1.57. The highest BCUT2D eigenvalue weighted by molar-refractivity contribution is 5.35. The van der Waals surface area contributed by atoms with E-state index in [1.54, 1.807) is 0 Å². The maximum absolute atomic E-state index is 4.52. The summed E-state index contributed by atoms with van der Waals surface area (Å²) in [6.07, 6.45) is 3.34. The molecule has 3 nitrogen and oxygen atoms in total. The molecule has 1 rings (SSSR count). The Morgan fingerprint density at radius 1 is 1.31 bits per heavy atom. The SMILES string of the molecule is CCCCNc1cc(C)nc(CC(C)C)n1. The van der Waals surface area contributed by atoms with Crippen LogP contribution in [-0.2, 0) is 6.42 Å². The van der Waals surface area contributed by atoms with Crippen LogP contribution < -0.4 is 5.32 Å². The second kappa shape index (κ2) is 6.46. The third-order valence-electron chi connectivity index (χ3n) is 2.33. The van der Waals surface area contributed by atoms with Crippen molar-refractivity contribution in [3.63, 3.8) is 0 Å². The van der Waals surface area contributed by atoms with Crippen molar-refractivity contribution in [1.82, 2.24) is 9.97 Å². The van der Waals surface area contributed by atoms with Crippen LogP contribution in [0.2, 0.25) is 0 Å². The molecule has 0 aliphatic heterocycles. The van der Waals surface area contributed by atoms with Gasteiger partial charge in [-0.3, -0.25) is 0 Å². The van der Waals surface area contributed by atoms with Gasteiger partial charge in [0.2, 0.25) is 0 Å². The lowest BCUT2D eigenvalue weighted by Gasteiger charge is -2.09. The summed E-state index contributed by atoms with van der Waals surface area (Å²) in [4.78, 5) is 8.97. The molecule has 1 heterocycles.